The second-order valence-corrected chi connectivity index (χ2v) is 4.59. The number of alkyl halides is 3. The van der Waals surface area contributed by atoms with Gasteiger partial charge in [0.05, 0.1) is 5.56 Å². The molecule has 3 nitrogen and oxygen atoms in total. The van der Waals surface area contributed by atoms with Crippen molar-refractivity contribution in [1.82, 2.24) is 0 Å². The molecule has 2 N–H and O–H groups in total. The molecule has 1 aromatic rings. The van der Waals surface area contributed by atoms with Crippen molar-refractivity contribution in [3.8, 4) is 0 Å². The maximum atomic E-state index is 11.9. The molecule has 0 radical (unpaired) electrons. The van der Waals surface area contributed by atoms with Crippen LogP contribution in [0, 0.1) is 0 Å². The van der Waals surface area contributed by atoms with Crippen molar-refractivity contribution in [2.24, 2.45) is 0 Å². The number of aromatic carboxylic acids is 1. The van der Waals surface area contributed by atoms with Crippen molar-refractivity contribution in [2.75, 3.05) is 11.9 Å². The van der Waals surface area contributed by atoms with Gasteiger partial charge in [-0.15, -0.1) is 0 Å². The lowest BCUT2D eigenvalue weighted by atomic mass is 10.1. The van der Waals surface area contributed by atoms with Gasteiger partial charge in [0.2, 0.25) is 0 Å². The quantitative estimate of drug-likeness (QED) is 0.701. The minimum atomic E-state index is -4.05. The van der Waals surface area contributed by atoms with Gasteiger partial charge in [0.1, 0.15) is 0 Å². The monoisotopic (exact) mass is 289 g/mol. The fraction of sp³-hybridized carbons (Fsp3) is 0.500. The Hall–Kier alpha value is -1.72. The highest BCUT2D eigenvalue weighted by Crippen LogP contribution is 2.22. The molecule has 1 aromatic carbocycles. The lowest BCUT2D eigenvalue weighted by Gasteiger charge is -2.07. The molecule has 0 aliphatic heterocycles. The van der Waals surface area contributed by atoms with Gasteiger partial charge in [-0.05, 0) is 37.1 Å². The van der Waals surface area contributed by atoms with Crippen LogP contribution in [0.25, 0.3) is 0 Å². The Kier molecular flexibility index (Phi) is 6.35. The van der Waals surface area contributed by atoms with E-state index < -0.39 is 18.6 Å². The Labute approximate surface area is 115 Å². The summed E-state index contributed by atoms with van der Waals surface area (Å²) in [6.45, 7) is 0.665. The van der Waals surface area contributed by atoms with Gasteiger partial charge < -0.3 is 10.4 Å². The summed E-state index contributed by atoms with van der Waals surface area (Å²) < 4.78 is 35.7. The van der Waals surface area contributed by atoms with Gasteiger partial charge >= 0.3 is 12.1 Å². The van der Waals surface area contributed by atoms with Gasteiger partial charge in [-0.1, -0.05) is 12.8 Å². The van der Waals surface area contributed by atoms with Crippen LogP contribution in [-0.2, 0) is 0 Å². The highest BCUT2D eigenvalue weighted by Gasteiger charge is 2.25. The Morgan fingerprint density at radius 3 is 2.20 bits per heavy atom. The molecule has 0 spiro atoms. The number of benzene rings is 1. The van der Waals surface area contributed by atoms with E-state index in [0.717, 1.165) is 18.5 Å². The summed E-state index contributed by atoms with van der Waals surface area (Å²) in [5.74, 6) is -0.971. The molecule has 6 heteroatoms. The number of anilines is 1. The maximum Gasteiger partial charge on any atom is 0.389 e. The van der Waals surface area contributed by atoms with E-state index in [4.69, 9.17) is 5.11 Å². The van der Waals surface area contributed by atoms with Crippen molar-refractivity contribution in [2.45, 2.75) is 38.3 Å². The van der Waals surface area contributed by atoms with Crippen LogP contribution in [0.15, 0.2) is 24.3 Å². The highest BCUT2D eigenvalue weighted by atomic mass is 19.4. The number of nitrogens with one attached hydrogen (secondary N) is 1. The van der Waals surface area contributed by atoms with E-state index in [9.17, 15) is 18.0 Å². The van der Waals surface area contributed by atoms with E-state index >= 15 is 0 Å². The van der Waals surface area contributed by atoms with Crippen molar-refractivity contribution in [1.29, 1.82) is 0 Å². The van der Waals surface area contributed by atoms with Crippen molar-refractivity contribution in [3.05, 3.63) is 29.8 Å². The zero-order valence-corrected chi connectivity index (χ0v) is 11.0. The first-order valence-corrected chi connectivity index (χ1v) is 6.52. The van der Waals surface area contributed by atoms with E-state index in [1.807, 2.05) is 0 Å². The first-order chi connectivity index (χ1) is 9.38. The van der Waals surface area contributed by atoms with Crippen LogP contribution >= 0.6 is 0 Å². The highest BCUT2D eigenvalue weighted by molar-refractivity contribution is 5.87. The molecule has 0 unspecified atom stereocenters. The molecule has 0 aliphatic carbocycles. The number of halogens is 3. The molecule has 0 fully saturated rings. The molecule has 0 aromatic heterocycles. The number of rotatable bonds is 8. The number of unbranched alkanes of at least 4 members (excludes halogenated alkanes) is 3. The van der Waals surface area contributed by atoms with E-state index in [1.165, 1.54) is 12.1 Å². The molecule has 20 heavy (non-hydrogen) atoms. The van der Waals surface area contributed by atoms with E-state index in [2.05, 4.69) is 5.32 Å². The third kappa shape index (κ3) is 7.01. The van der Waals surface area contributed by atoms with E-state index in [0.29, 0.717) is 13.0 Å². The summed E-state index contributed by atoms with van der Waals surface area (Å²) >= 11 is 0. The summed E-state index contributed by atoms with van der Waals surface area (Å²) in [5, 5.41) is 11.8. The van der Waals surface area contributed by atoms with Crippen LogP contribution in [-0.4, -0.2) is 23.8 Å². The average molecular weight is 289 g/mol. The molecule has 0 bridgehead atoms. The molecule has 0 aliphatic rings. The number of carboxylic acids is 1. The van der Waals surface area contributed by atoms with Crippen molar-refractivity contribution < 1.29 is 23.1 Å². The molecule has 0 atom stereocenters. The third-order valence-corrected chi connectivity index (χ3v) is 2.85. The van der Waals surface area contributed by atoms with Gasteiger partial charge in [-0.2, -0.15) is 13.2 Å². The second-order valence-electron chi connectivity index (χ2n) is 4.59. The van der Waals surface area contributed by atoms with Crippen LogP contribution in [0.3, 0.4) is 0 Å². The van der Waals surface area contributed by atoms with Gasteiger partial charge in [-0.25, -0.2) is 4.79 Å². The molecule has 1 rings (SSSR count). The zero-order valence-electron chi connectivity index (χ0n) is 11.0. The fourth-order valence-corrected chi connectivity index (χ4v) is 1.77. The van der Waals surface area contributed by atoms with Crippen molar-refractivity contribution >= 4 is 11.7 Å². The molecule has 0 saturated heterocycles. The van der Waals surface area contributed by atoms with Crippen LogP contribution in [0.5, 0.6) is 0 Å². The van der Waals surface area contributed by atoms with Crippen LogP contribution in [0.4, 0.5) is 18.9 Å². The van der Waals surface area contributed by atoms with Gasteiger partial charge in [0.25, 0.3) is 0 Å². The van der Waals surface area contributed by atoms with Gasteiger partial charge in [0.15, 0.2) is 0 Å². The molecular weight excluding hydrogens is 271 g/mol. The van der Waals surface area contributed by atoms with Crippen LogP contribution in [0.1, 0.15) is 42.5 Å². The number of hydrogen-bond acceptors (Lipinski definition) is 2. The van der Waals surface area contributed by atoms with Crippen molar-refractivity contribution in [3.63, 3.8) is 0 Å². The second kappa shape index (κ2) is 7.77. The zero-order chi connectivity index (χ0) is 15.0. The minimum absolute atomic E-state index is 0.177. The Morgan fingerprint density at radius 2 is 1.65 bits per heavy atom. The molecule has 0 saturated carbocycles. The molecule has 0 heterocycles. The lowest BCUT2D eigenvalue weighted by molar-refractivity contribution is -0.135. The standard InChI is InChI=1S/C14H18F3NO2/c15-14(16,17)9-3-1-2-4-10-18-12-7-5-11(6-8-12)13(19)20/h5-8,18H,1-4,9-10H2,(H,19,20). The number of hydrogen-bond donors (Lipinski definition) is 2. The summed E-state index contributed by atoms with van der Waals surface area (Å²) in [6.07, 6.45) is -2.48. The maximum absolute atomic E-state index is 11.9. The summed E-state index contributed by atoms with van der Waals surface area (Å²) in [5.41, 5.74) is 1.04. The summed E-state index contributed by atoms with van der Waals surface area (Å²) in [6, 6.07) is 6.36. The van der Waals surface area contributed by atoms with Gasteiger partial charge in [0, 0.05) is 18.7 Å². The average Bonchev–Trinajstić information content (AvgIpc) is 2.37. The van der Waals surface area contributed by atoms with E-state index in [1.54, 1.807) is 12.1 Å². The predicted octanol–water partition coefficient (Wildman–Crippen LogP) is 4.31. The largest absolute Gasteiger partial charge is 0.478 e. The summed E-state index contributed by atoms with van der Waals surface area (Å²) in [7, 11) is 0. The topological polar surface area (TPSA) is 49.3 Å². The number of carbonyl (C=O) groups is 1. The summed E-state index contributed by atoms with van der Waals surface area (Å²) in [4.78, 5) is 10.6. The normalized spacial score (nSPS) is 11.3. The predicted molar refractivity (Wildman–Crippen MR) is 71.0 cm³/mol. The molecular formula is C14H18F3NO2. The Bertz CT molecular complexity index is 415. The van der Waals surface area contributed by atoms with Crippen LogP contribution < -0.4 is 5.32 Å². The molecule has 0 amide bonds. The first kappa shape index (κ1) is 16.3. The minimum Gasteiger partial charge on any atom is -0.478 e. The Balaban J connectivity index is 2.11. The first-order valence-electron chi connectivity index (χ1n) is 6.52. The lowest BCUT2D eigenvalue weighted by Crippen LogP contribution is -2.06. The van der Waals surface area contributed by atoms with Crippen LogP contribution in [0.2, 0.25) is 0 Å². The fourth-order valence-electron chi connectivity index (χ4n) is 1.77. The smallest absolute Gasteiger partial charge is 0.389 e. The SMILES string of the molecule is O=C(O)c1ccc(NCCCCCCC(F)(F)F)cc1. The number of carboxylic acid groups (broad SMARTS) is 1. The van der Waals surface area contributed by atoms with E-state index in [-0.39, 0.29) is 12.0 Å². The van der Waals surface area contributed by atoms with Gasteiger partial charge in [-0.3, -0.25) is 0 Å². The third-order valence-electron chi connectivity index (χ3n) is 2.85. The Morgan fingerprint density at radius 1 is 1.05 bits per heavy atom. The molecule has 112 valence electrons.